The first-order valence-electron chi connectivity index (χ1n) is 9.77. The third-order valence-electron chi connectivity index (χ3n) is 5.72. The van der Waals surface area contributed by atoms with Crippen molar-refractivity contribution >= 4 is 32.3 Å². The summed E-state index contributed by atoms with van der Waals surface area (Å²) in [7, 11) is 0. The van der Waals surface area contributed by atoms with Gasteiger partial charge in [0.05, 0.1) is 11.1 Å². The first kappa shape index (κ1) is 20.4. The molecule has 0 aliphatic carbocycles. The molecule has 0 N–H and O–H groups in total. The van der Waals surface area contributed by atoms with E-state index < -0.39 is 23.5 Å². The molecular weight excluding hydrogens is 426 g/mol. The molecule has 5 aromatic rings. The fourth-order valence-corrected chi connectivity index (χ4v) is 4.35. The van der Waals surface area contributed by atoms with Gasteiger partial charge in [-0.1, -0.05) is 66.7 Å². The minimum absolute atomic E-state index is 0.0456. The van der Waals surface area contributed by atoms with Gasteiger partial charge in [0.1, 0.15) is 0 Å². The first-order valence-corrected chi connectivity index (χ1v) is 9.77. The van der Waals surface area contributed by atoms with Gasteiger partial charge in [0, 0.05) is 5.39 Å². The van der Waals surface area contributed by atoms with Crippen molar-refractivity contribution in [3.8, 4) is 11.1 Å². The van der Waals surface area contributed by atoms with Crippen LogP contribution in [-0.2, 0) is 12.4 Å². The van der Waals surface area contributed by atoms with E-state index in [2.05, 4.69) is 0 Å². The number of halogens is 6. The van der Waals surface area contributed by atoms with Gasteiger partial charge in [0.2, 0.25) is 0 Å². The summed E-state index contributed by atoms with van der Waals surface area (Å²) >= 11 is 0. The maximum atomic E-state index is 14.0. The highest BCUT2D eigenvalue weighted by atomic mass is 19.4. The Labute approximate surface area is 178 Å². The molecule has 0 atom stereocenters. The average molecular weight is 440 g/mol. The van der Waals surface area contributed by atoms with Crippen molar-refractivity contribution in [2.75, 3.05) is 0 Å². The van der Waals surface area contributed by atoms with Gasteiger partial charge in [-0.15, -0.1) is 0 Å². The van der Waals surface area contributed by atoms with Crippen molar-refractivity contribution in [3.05, 3.63) is 96.1 Å². The lowest BCUT2D eigenvalue weighted by Crippen LogP contribution is -2.07. The van der Waals surface area contributed by atoms with Crippen LogP contribution in [0.1, 0.15) is 11.1 Å². The largest absolute Gasteiger partial charge is 0.417 e. The zero-order valence-corrected chi connectivity index (χ0v) is 16.4. The Morgan fingerprint density at radius 2 is 0.938 bits per heavy atom. The molecule has 0 aromatic heterocycles. The molecule has 32 heavy (non-hydrogen) atoms. The zero-order chi connectivity index (χ0) is 22.7. The maximum absolute atomic E-state index is 14.0. The lowest BCUT2D eigenvalue weighted by Gasteiger charge is -2.19. The monoisotopic (exact) mass is 440 g/mol. The summed E-state index contributed by atoms with van der Waals surface area (Å²) in [5, 5.41) is 2.94. The predicted molar refractivity (Wildman–Crippen MR) is 114 cm³/mol. The topological polar surface area (TPSA) is 0 Å². The van der Waals surface area contributed by atoms with E-state index in [0.717, 1.165) is 23.6 Å². The molecule has 0 heterocycles. The molecule has 0 aliphatic heterocycles. The minimum Gasteiger partial charge on any atom is -0.166 e. The van der Waals surface area contributed by atoms with E-state index in [4.69, 9.17) is 0 Å². The summed E-state index contributed by atoms with van der Waals surface area (Å²) < 4.78 is 81.2. The molecule has 0 amide bonds. The highest BCUT2D eigenvalue weighted by molar-refractivity contribution is 6.29. The number of hydrogen-bond donors (Lipinski definition) is 0. The second-order valence-electron chi connectivity index (χ2n) is 7.57. The number of hydrogen-bond acceptors (Lipinski definition) is 0. The molecule has 0 fully saturated rings. The number of alkyl halides is 6. The van der Waals surface area contributed by atoms with Crippen LogP contribution in [0.2, 0.25) is 0 Å². The van der Waals surface area contributed by atoms with Crippen molar-refractivity contribution in [1.29, 1.82) is 0 Å². The molecule has 0 aliphatic rings. The zero-order valence-electron chi connectivity index (χ0n) is 16.4. The molecule has 5 aromatic carbocycles. The van der Waals surface area contributed by atoms with Crippen LogP contribution in [0.15, 0.2) is 84.9 Å². The Bertz CT molecular complexity index is 1480. The maximum Gasteiger partial charge on any atom is 0.417 e. The summed E-state index contributed by atoms with van der Waals surface area (Å²) in [6.07, 6.45) is -9.09. The number of fused-ring (bicyclic) bond motifs is 6. The van der Waals surface area contributed by atoms with Crippen molar-refractivity contribution in [2.24, 2.45) is 0 Å². The second-order valence-corrected chi connectivity index (χ2v) is 7.57. The van der Waals surface area contributed by atoms with Crippen LogP contribution in [0.3, 0.4) is 0 Å². The second kappa shape index (κ2) is 6.99. The van der Waals surface area contributed by atoms with Crippen LogP contribution in [0, 0.1) is 0 Å². The molecule has 0 saturated heterocycles. The Hall–Kier alpha value is -3.54. The molecule has 160 valence electrons. The van der Waals surface area contributed by atoms with Gasteiger partial charge in [-0.2, -0.15) is 26.3 Å². The summed E-state index contributed by atoms with van der Waals surface area (Å²) in [6.45, 7) is 0. The molecule has 0 saturated carbocycles. The third-order valence-corrected chi connectivity index (χ3v) is 5.72. The van der Waals surface area contributed by atoms with E-state index in [1.165, 1.54) is 18.2 Å². The fourth-order valence-electron chi connectivity index (χ4n) is 4.35. The first-order chi connectivity index (χ1) is 15.2. The van der Waals surface area contributed by atoms with Gasteiger partial charge >= 0.3 is 12.4 Å². The lowest BCUT2D eigenvalue weighted by atomic mass is 9.87. The summed E-state index contributed by atoms with van der Waals surface area (Å²) in [5.74, 6) is 0. The number of rotatable bonds is 1. The van der Waals surface area contributed by atoms with Crippen LogP contribution in [0.4, 0.5) is 26.3 Å². The molecule has 0 spiro atoms. The van der Waals surface area contributed by atoms with Crippen LogP contribution >= 0.6 is 0 Å². The Morgan fingerprint density at radius 1 is 0.438 bits per heavy atom. The smallest absolute Gasteiger partial charge is 0.166 e. The van der Waals surface area contributed by atoms with E-state index in [9.17, 15) is 26.3 Å². The predicted octanol–water partition coefficient (Wildman–Crippen LogP) is 8.85. The highest BCUT2D eigenvalue weighted by Crippen LogP contribution is 2.46. The summed E-state index contributed by atoms with van der Waals surface area (Å²) in [4.78, 5) is 0. The van der Waals surface area contributed by atoms with Gasteiger partial charge in [-0.25, -0.2) is 0 Å². The van der Waals surface area contributed by atoms with Crippen molar-refractivity contribution < 1.29 is 26.3 Å². The Balaban J connectivity index is 1.97. The van der Waals surface area contributed by atoms with Crippen LogP contribution in [0.5, 0.6) is 0 Å². The van der Waals surface area contributed by atoms with Crippen molar-refractivity contribution in [2.45, 2.75) is 12.4 Å². The van der Waals surface area contributed by atoms with Crippen molar-refractivity contribution in [1.82, 2.24) is 0 Å². The molecule has 0 radical (unpaired) electrons. The summed E-state index contributed by atoms with van der Waals surface area (Å²) in [6, 6.07) is 20.9. The molecule has 0 nitrogen and oxygen atoms in total. The normalized spacial score (nSPS) is 12.7. The van der Waals surface area contributed by atoms with Crippen LogP contribution in [0.25, 0.3) is 43.4 Å². The van der Waals surface area contributed by atoms with E-state index in [1.54, 1.807) is 36.4 Å². The number of benzene rings is 5. The van der Waals surface area contributed by atoms with Crippen LogP contribution < -0.4 is 0 Å². The van der Waals surface area contributed by atoms with Gasteiger partial charge in [0.25, 0.3) is 0 Å². The van der Waals surface area contributed by atoms with E-state index in [0.29, 0.717) is 32.7 Å². The van der Waals surface area contributed by atoms with E-state index >= 15 is 0 Å². The molecule has 0 bridgehead atoms. The molecule has 5 rings (SSSR count). The van der Waals surface area contributed by atoms with Gasteiger partial charge in [-0.3, -0.25) is 0 Å². The van der Waals surface area contributed by atoms with Gasteiger partial charge < -0.3 is 0 Å². The minimum atomic E-state index is -4.60. The average Bonchev–Trinajstić information content (AvgIpc) is 2.77. The van der Waals surface area contributed by atoms with E-state index in [-0.39, 0.29) is 5.39 Å². The molecule has 0 unspecified atom stereocenters. The Morgan fingerprint density at radius 3 is 1.44 bits per heavy atom. The highest BCUT2D eigenvalue weighted by Gasteiger charge is 2.34. The standard InChI is InChI=1S/C26H14F6/c27-25(28,29)16-11-9-15(10-12-16)17-13-14-22(26(30,31)32)24-21-8-4-2-6-19(21)18-5-1-3-7-20(18)23(17)24/h1-14H. The summed E-state index contributed by atoms with van der Waals surface area (Å²) in [5.41, 5.74) is -0.723. The van der Waals surface area contributed by atoms with Crippen molar-refractivity contribution in [3.63, 3.8) is 0 Å². The quantitative estimate of drug-likeness (QED) is 0.180. The van der Waals surface area contributed by atoms with E-state index in [1.807, 2.05) is 12.1 Å². The lowest BCUT2D eigenvalue weighted by molar-refractivity contribution is -0.138. The SMILES string of the molecule is FC(F)(F)c1ccc(-c2ccc(C(F)(F)F)c3c4ccccc4c4ccccc4c23)cc1. The molecule has 6 heteroatoms. The fraction of sp³-hybridized carbons (Fsp3) is 0.0769. The van der Waals surface area contributed by atoms with Gasteiger partial charge in [0.15, 0.2) is 0 Å². The van der Waals surface area contributed by atoms with Gasteiger partial charge in [-0.05, 0) is 56.3 Å². The third kappa shape index (κ3) is 3.18. The van der Waals surface area contributed by atoms with Crippen LogP contribution in [-0.4, -0.2) is 0 Å². The Kier molecular flexibility index (Phi) is 4.45. The molecular formula is C26H14F6.